The minimum absolute atomic E-state index is 0.0423. The SMILES string of the molecule is O=C(Nc1ccc(-c2csc3c(=O)cc(N4CCOCC4)oc23)cc1)c1cccnc1. The lowest BCUT2D eigenvalue weighted by Gasteiger charge is -2.27. The van der Waals surface area contributed by atoms with E-state index in [2.05, 4.69) is 10.3 Å². The van der Waals surface area contributed by atoms with Gasteiger partial charge in [0.2, 0.25) is 5.43 Å². The van der Waals surface area contributed by atoms with Crippen LogP contribution in [0.1, 0.15) is 10.4 Å². The van der Waals surface area contributed by atoms with Crippen molar-refractivity contribution >= 4 is 39.1 Å². The highest BCUT2D eigenvalue weighted by Crippen LogP contribution is 2.35. The molecule has 156 valence electrons. The third-order valence-electron chi connectivity index (χ3n) is 5.13. The van der Waals surface area contributed by atoms with Gasteiger partial charge in [0.15, 0.2) is 11.5 Å². The number of aromatic nitrogens is 1. The molecule has 1 amide bonds. The van der Waals surface area contributed by atoms with Crippen LogP contribution in [0.25, 0.3) is 21.4 Å². The summed E-state index contributed by atoms with van der Waals surface area (Å²) in [4.78, 5) is 30.9. The van der Waals surface area contributed by atoms with E-state index < -0.39 is 0 Å². The smallest absolute Gasteiger partial charge is 0.257 e. The number of hydrogen-bond donors (Lipinski definition) is 1. The Morgan fingerprint density at radius 2 is 1.94 bits per heavy atom. The van der Waals surface area contributed by atoms with Crippen molar-refractivity contribution in [1.82, 2.24) is 4.98 Å². The lowest BCUT2D eigenvalue weighted by molar-refractivity contribution is 0.102. The van der Waals surface area contributed by atoms with Gasteiger partial charge < -0.3 is 19.4 Å². The quantitative estimate of drug-likeness (QED) is 0.524. The van der Waals surface area contributed by atoms with Gasteiger partial charge in [-0.15, -0.1) is 11.3 Å². The average molecular weight is 433 g/mol. The maximum Gasteiger partial charge on any atom is 0.257 e. The van der Waals surface area contributed by atoms with Crippen molar-refractivity contribution in [2.75, 3.05) is 36.5 Å². The molecule has 0 unspecified atom stereocenters. The Labute approximate surface area is 181 Å². The number of carbonyl (C=O) groups excluding carboxylic acids is 1. The number of rotatable bonds is 4. The number of hydrogen-bond acceptors (Lipinski definition) is 7. The van der Waals surface area contributed by atoms with Crippen LogP contribution < -0.4 is 15.6 Å². The second-order valence-electron chi connectivity index (χ2n) is 7.13. The number of carbonyl (C=O) groups is 1. The topological polar surface area (TPSA) is 84.7 Å². The predicted octanol–water partition coefficient (Wildman–Crippen LogP) is 4.01. The van der Waals surface area contributed by atoms with E-state index in [1.54, 1.807) is 24.4 Å². The van der Waals surface area contributed by atoms with Crippen molar-refractivity contribution in [3.8, 4) is 11.1 Å². The van der Waals surface area contributed by atoms with E-state index >= 15 is 0 Å². The molecule has 5 rings (SSSR count). The average Bonchev–Trinajstić information content (AvgIpc) is 3.25. The lowest BCUT2D eigenvalue weighted by atomic mass is 10.1. The fraction of sp³-hybridized carbons (Fsp3) is 0.174. The van der Waals surface area contributed by atoms with Crippen molar-refractivity contribution in [2.24, 2.45) is 0 Å². The number of anilines is 2. The van der Waals surface area contributed by atoms with Crippen LogP contribution in [0.2, 0.25) is 0 Å². The van der Waals surface area contributed by atoms with Crippen LogP contribution in [0.4, 0.5) is 11.6 Å². The maximum absolute atomic E-state index is 12.6. The number of morpholine rings is 1. The molecule has 1 aliphatic heterocycles. The van der Waals surface area contributed by atoms with Gasteiger partial charge in [-0.2, -0.15) is 0 Å². The molecule has 0 aliphatic carbocycles. The van der Waals surface area contributed by atoms with Crippen molar-refractivity contribution in [2.45, 2.75) is 0 Å². The fourth-order valence-corrected chi connectivity index (χ4v) is 4.41. The number of amides is 1. The Hall–Kier alpha value is -3.49. The monoisotopic (exact) mass is 433 g/mol. The standard InChI is InChI=1S/C23H19N3O4S/c27-19-12-20(26-8-10-29-11-9-26)30-21-18(14-31-22(19)21)15-3-5-17(6-4-15)25-23(28)16-2-1-7-24-13-16/h1-7,12-14H,8-11H2,(H,25,28). The van der Waals surface area contributed by atoms with Gasteiger partial charge in [-0.3, -0.25) is 14.6 Å². The van der Waals surface area contributed by atoms with Gasteiger partial charge in [-0.05, 0) is 29.8 Å². The van der Waals surface area contributed by atoms with Crippen LogP contribution in [0.15, 0.2) is 69.5 Å². The summed E-state index contributed by atoms with van der Waals surface area (Å²) in [5.41, 5.74) is 3.48. The third-order valence-corrected chi connectivity index (χ3v) is 6.11. The number of thiophene rings is 1. The van der Waals surface area contributed by atoms with Crippen LogP contribution >= 0.6 is 11.3 Å². The summed E-state index contributed by atoms with van der Waals surface area (Å²) in [6.07, 6.45) is 3.15. The van der Waals surface area contributed by atoms with Gasteiger partial charge in [-0.1, -0.05) is 12.1 Å². The molecular weight excluding hydrogens is 414 g/mol. The summed E-state index contributed by atoms with van der Waals surface area (Å²) < 4.78 is 12.2. The second kappa shape index (κ2) is 8.33. The molecule has 3 aromatic heterocycles. The Morgan fingerprint density at radius 3 is 2.68 bits per heavy atom. The van der Waals surface area contributed by atoms with E-state index in [1.165, 1.54) is 17.5 Å². The van der Waals surface area contributed by atoms with Gasteiger partial charge in [0.05, 0.1) is 18.8 Å². The summed E-state index contributed by atoms with van der Waals surface area (Å²) in [5.74, 6) is 0.351. The minimum atomic E-state index is -0.219. The first kappa shape index (κ1) is 19.5. The van der Waals surface area contributed by atoms with Crippen LogP contribution in [0, 0.1) is 0 Å². The Bertz CT molecular complexity index is 1280. The number of nitrogens with zero attached hydrogens (tertiary/aromatic N) is 2. The summed E-state index contributed by atoms with van der Waals surface area (Å²) in [5, 5.41) is 4.79. The summed E-state index contributed by atoms with van der Waals surface area (Å²) in [7, 11) is 0. The molecule has 1 aromatic carbocycles. The number of fused-ring (bicyclic) bond motifs is 1. The lowest BCUT2D eigenvalue weighted by Crippen LogP contribution is -2.36. The number of pyridine rings is 1. The summed E-state index contributed by atoms with van der Waals surface area (Å²) in [6, 6.07) is 12.5. The third kappa shape index (κ3) is 3.95. The zero-order valence-corrected chi connectivity index (χ0v) is 17.4. The van der Waals surface area contributed by atoms with Gasteiger partial charge in [0, 0.05) is 48.2 Å². The normalized spacial score (nSPS) is 14.0. The van der Waals surface area contributed by atoms with E-state index in [9.17, 15) is 9.59 Å². The van der Waals surface area contributed by atoms with Crippen molar-refractivity contribution in [3.05, 3.63) is 76.0 Å². The largest absolute Gasteiger partial charge is 0.439 e. The number of ether oxygens (including phenoxy) is 1. The van der Waals surface area contributed by atoms with Gasteiger partial charge in [0.1, 0.15) is 4.70 Å². The highest BCUT2D eigenvalue weighted by atomic mass is 32.1. The molecule has 1 saturated heterocycles. The van der Waals surface area contributed by atoms with Crippen molar-refractivity contribution in [1.29, 1.82) is 0 Å². The first-order valence-electron chi connectivity index (χ1n) is 9.89. The molecule has 0 saturated carbocycles. The molecule has 0 spiro atoms. The zero-order valence-electron chi connectivity index (χ0n) is 16.5. The molecule has 1 N–H and O–H groups in total. The Kier molecular flexibility index (Phi) is 5.23. The van der Waals surface area contributed by atoms with Crippen LogP contribution in [-0.2, 0) is 4.74 Å². The van der Waals surface area contributed by atoms with Crippen molar-refractivity contribution < 1.29 is 13.9 Å². The number of benzene rings is 1. The molecule has 7 nitrogen and oxygen atoms in total. The zero-order chi connectivity index (χ0) is 21.2. The van der Waals surface area contributed by atoms with Crippen LogP contribution in [0.3, 0.4) is 0 Å². The molecule has 4 heterocycles. The second-order valence-corrected chi connectivity index (χ2v) is 8.01. The van der Waals surface area contributed by atoms with Gasteiger partial charge in [0.25, 0.3) is 5.91 Å². The molecule has 0 radical (unpaired) electrons. The first-order chi connectivity index (χ1) is 15.2. The molecule has 4 aromatic rings. The van der Waals surface area contributed by atoms with Crippen LogP contribution in [-0.4, -0.2) is 37.2 Å². The fourth-order valence-electron chi connectivity index (χ4n) is 3.50. The number of nitrogens with one attached hydrogen (secondary N) is 1. The molecular formula is C23H19N3O4S. The first-order valence-corrected chi connectivity index (χ1v) is 10.8. The van der Waals surface area contributed by atoms with E-state index in [0.29, 0.717) is 53.7 Å². The Balaban J connectivity index is 1.43. The molecule has 0 atom stereocenters. The van der Waals surface area contributed by atoms with E-state index in [4.69, 9.17) is 9.15 Å². The molecule has 31 heavy (non-hydrogen) atoms. The summed E-state index contributed by atoms with van der Waals surface area (Å²) in [6.45, 7) is 2.62. The van der Waals surface area contributed by atoms with Crippen LogP contribution in [0.5, 0.6) is 0 Å². The van der Waals surface area contributed by atoms with Gasteiger partial charge >= 0.3 is 0 Å². The van der Waals surface area contributed by atoms with E-state index in [1.807, 2.05) is 34.5 Å². The maximum atomic E-state index is 12.6. The Morgan fingerprint density at radius 1 is 1.13 bits per heavy atom. The predicted molar refractivity (Wildman–Crippen MR) is 121 cm³/mol. The molecule has 0 bridgehead atoms. The highest BCUT2D eigenvalue weighted by Gasteiger charge is 2.18. The van der Waals surface area contributed by atoms with Gasteiger partial charge in [-0.25, -0.2) is 0 Å². The molecule has 8 heteroatoms. The van der Waals surface area contributed by atoms with Crippen molar-refractivity contribution in [3.63, 3.8) is 0 Å². The summed E-state index contributed by atoms with van der Waals surface area (Å²) >= 11 is 1.38. The van der Waals surface area contributed by atoms with E-state index in [-0.39, 0.29) is 11.3 Å². The molecule has 1 aliphatic rings. The minimum Gasteiger partial charge on any atom is -0.439 e. The highest BCUT2D eigenvalue weighted by molar-refractivity contribution is 7.17. The van der Waals surface area contributed by atoms with E-state index in [0.717, 1.165) is 11.1 Å². The molecule has 1 fully saturated rings.